The summed E-state index contributed by atoms with van der Waals surface area (Å²) in [6, 6.07) is 1.68. The van der Waals surface area contributed by atoms with E-state index in [1.165, 1.54) is 0 Å². The molecule has 14 heteroatoms. The Morgan fingerprint density at radius 3 is 2.07 bits per heavy atom. The smallest absolute Gasteiger partial charge is 0.320 e. The summed E-state index contributed by atoms with van der Waals surface area (Å²) in [6.45, 7) is 1.15. The minimum atomic E-state index is -4.91. The minimum Gasteiger partial charge on any atom is -0.320 e. The molecular weight excluding hydrogens is 399 g/mol. The van der Waals surface area contributed by atoms with E-state index >= 15 is 0 Å². The molecule has 1 N–H and O–H groups in total. The minimum absolute atomic E-state index is 0.249. The highest BCUT2D eigenvalue weighted by Crippen LogP contribution is 2.36. The second-order valence-corrected chi connectivity index (χ2v) is 5.62. The van der Waals surface area contributed by atoms with Crippen LogP contribution in [0.25, 0.3) is 0 Å². The van der Waals surface area contributed by atoms with Crippen LogP contribution in [0.15, 0.2) is 12.1 Å². The number of hydrogen-bond acceptors (Lipinski definition) is 6. The number of aryl methyl sites for hydroxylation is 1. The number of alkyl halides is 3. The summed E-state index contributed by atoms with van der Waals surface area (Å²) in [5.74, 6) is -1.18. The van der Waals surface area contributed by atoms with Crippen LogP contribution in [0.5, 0.6) is 0 Å². The lowest BCUT2D eigenvalue weighted by Gasteiger charge is -2.08. The molecule has 0 saturated carbocycles. The third-order valence-corrected chi connectivity index (χ3v) is 3.84. The molecule has 0 aliphatic rings. The van der Waals surface area contributed by atoms with Crippen LogP contribution in [-0.2, 0) is 13.2 Å². The van der Waals surface area contributed by atoms with Crippen molar-refractivity contribution in [3.8, 4) is 0 Å². The molecule has 0 fully saturated rings. The highest BCUT2D eigenvalue weighted by molar-refractivity contribution is 6.34. The van der Waals surface area contributed by atoms with E-state index in [9.17, 15) is 38.2 Å². The van der Waals surface area contributed by atoms with Gasteiger partial charge in [-0.05, 0) is 6.92 Å². The molecule has 144 valence electrons. The molecule has 27 heavy (non-hydrogen) atoms. The van der Waals surface area contributed by atoms with Crippen molar-refractivity contribution < 1.29 is 27.8 Å². The molecule has 1 aromatic heterocycles. The van der Waals surface area contributed by atoms with Gasteiger partial charge in [0, 0.05) is 19.2 Å². The molecule has 0 aliphatic heterocycles. The molecule has 2 rings (SSSR count). The number of halogens is 4. The number of nitrogens with one attached hydrogen (secondary N) is 1. The molecule has 10 nitrogen and oxygen atoms in total. The van der Waals surface area contributed by atoms with Gasteiger partial charge in [-0.15, -0.1) is 0 Å². The Hall–Kier alpha value is -3.22. The Morgan fingerprint density at radius 2 is 1.70 bits per heavy atom. The van der Waals surface area contributed by atoms with Gasteiger partial charge in [-0.2, -0.15) is 18.3 Å². The van der Waals surface area contributed by atoms with Crippen LogP contribution in [0.1, 0.15) is 21.7 Å². The average molecular weight is 408 g/mol. The van der Waals surface area contributed by atoms with Crippen LogP contribution >= 0.6 is 11.6 Å². The Balaban J connectivity index is 2.49. The van der Waals surface area contributed by atoms with Gasteiger partial charge in [0.25, 0.3) is 17.3 Å². The van der Waals surface area contributed by atoms with Crippen molar-refractivity contribution >= 4 is 34.6 Å². The topological polar surface area (TPSA) is 133 Å². The van der Waals surface area contributed by atoms with Gasteiger partial charge in [-0.3, -0.25) is 29.7 Å². The fourth-order valence-electron chi connectivity index (χ4n) is 2.25. The Morgan fingerprint density at radius 1 is 1.22 bits per heavy atom. The SMILES string of the molecule is Cc1c([N+](=O)[O-])cc(NC(=O)c2c(Cl)c(C(F)(F)F)nn2C)cc1[N+](=O)[O-]. The van der Waals surface area contributed by atoms with Crippen LogP contribution in [0, 0.1) is 27.2 Å². The highest BCUT2D eigenvalue weighted by Gasteiger charge is 2.39. The van der Waals surface area contributed by atoms with Crippen LogP contribution < -0.4 is 5.32 Å². The summed E-state index contributed by atoms with van der Waals surface area (Å²) in [7, 11) is 1.04. The maximum Gasteiger partial charge on any atom is 0.436 e. The van der Waals surface area contributed by atoms with Crippen LogP contribution in [-0.4, -0.2) is 25.5 Å². The number of nitro benzene ring substituents is 2. The Labute approximate surface area is 152 Å². The van der Waals surface area contributed by atoms with Gasteiger partial charge >= 0.3 is 6.18 Å². The molecular formula is C13H9ClF3N5O5. The summed E-state index contributed by atoms with van der Waals surface area (Å²) in [5.41, 5.74) is -4.07. The lowest BCUT2D eigenvalue weighted by atomic mass is 10.1. The van der Waals surface area contributed by atoms with Crippen LogP contribution in [0.2, 0.25) is 5.02 Å². The van der Waals surface area contributed by atoms with E-state index in [0.717, 1.165) is 26.1 Å². The number of hydrogen-bond donors (Lipinski definition) is 1. The van der Waals surface area contributed by atoms with Gasteiger partial charge in [0.05, 0.1) is 15.5 Å². The van der Waals surface area contributed by atoms with E-state index in [4.69, 9.17) is 11.6 Å². The predicted molar refractivity (Wildman–Crippen MR) is 85.7 cm³/mol. The summed E-state index contributed by atoms with van der Waals surface area (Å²) < 4.78 is 39.0. The van der Waals surface area contributed by atoms with Gasteiger partial charge in [-0.1, -0.05) is 11.6 Å². The third-order valence-electron chi connectivity index (χ3n) is 3.48. The molecule has 0 aliphatic carbocycles. The van der Waals surface area contributed by atoms with Gasteiger partial charge in [0.1, 0.15) is 16.3 Å². The van der Waals surface area contributed by atoms with Crippen molar-refractivity contribution in [3.63, 3.8) is 0 Å². The standard InChI is InChI=1S/C13H9ClF3N5O5/c1-5-7(21(24)25)3-6(4-8(5)22(26)27)18-12(23)10-9(14)11(13(15,16)17)19-20(10)2/h3-4H,1-2H3,(H,18,23). The van der Waals surface area contributed by atoms with E-state index in [-0.39, 0.29) is 11.3 Å². The van der Waals surface area contributed by atoms with Gasteiger partial charge < -0.3 is 5.32 Å². The van der Waals surface area contributed by atoms with Gasteiger partial charge in [0.15, 0.2) is 5.69 Å². The van der Waals surface area contributed by atoms with Crippen molar-refractivity contribution in [3.05, 3.63) is 54.3 Å². The summed E-state index contributed by atoms with van der Waals surface area (Å²) in [6.07, 6.45) is -4.91. The number of rotatable bonds is 4. The first-order valence-electron chi connectivity index (χ1n) is 6.89. The molecule has 1 aromatic carbocycles. The number of nitro groups is 2. The molecule has 0 atom stereocenters. The van der Waals surface area contributed by atoms with E-state index in [2.05, 4.69) is 10.4 Å². The second-order valence-electron chi connectivity index (χ2n) is 5.24. The molecule has 0 spiro atoms. The maximum absolute atomic E-state index is 12.8. The van der Waals surface area contributed by atoms with E-state index in [1.807, 2.05) is 0 Å². The molecule has 0 bridgehead atoms. The normalized spacial score (nSPS) is 11.3. The monoisotopic (exact) mass is 407 g/mol. The first-order chi connectivity index (χ1) is 12.3. The lowest BCUT2D eigenvalue weighted by molar-refractivity contribution is -0.395. The zero-order valence-electron chi connectivity index (χ0n) is 13.5. The Kier molecular flexibility index (Phi) is 5.08. The largest absolute Gasteiger partial charge is 0.436 e. The molecule has 0 unspecified atom stereocenters. The van der Waals surface area contributed by atoms with Gasteiger partial charge in [-0.25, -0.2) is 0 Å². The van der Waals surface area contributed by atoms with E-state index in [0.29, 0.717) is 4.68 Å². The molecule has 2 aromatic rings. The fourth-order valence-corrected chi connectivity index (χ4v) is 2.60. The molecule has 0 saturated heterocycles. The zero-order chi connectivity index (χ0) is 20.7. The van der Waals surface area contributed by atoms with Crippen molar-refractivity contribution in [2.24, 2.45) is 7.05 Å². The first-order valence-corrected chi connectivity index (χ1v) is 7.26. The number of carbonyl (C=O) groups is 1. The van der Waals surface area contributed by atoms with E-state index in [1.54, 1.807) is 0 Å². The number of anilines is 1. The van der Waals surface area contributed by atoms with E-state index < -0.39 is 49.7 Å². The average Bonchev–Trinajstić information content (AvgIpc) is 2.83. The molecule has 1 heterocycles. The van der Waals surface area contributed by atoms with Crippen molar-refractivity contribution in [1.29, 1.82) is 0 Å². The number of benzene rings is 1. The van der Waals surface area contributed by atoms with Crippen molar-refractivity contribution in [2.75, 3.05) is 5.32 Å². The highest BCUT2D eigenvalue weighted by atomic mass is 35.5. The zero-order valence-corrected chi connectivity index (χ0v) is 14.3. The lowest BCUT2D eigenvalue weighted by Crippen LogP contribution is -2.17. The first kappa shape index (κ1) is 20.1. The molecule has 0 radical (unpaired) electrons. The summed E-state index contributed by atoms with van der Waals surface area (Å²) in [4.78, 5) is 32.6. The quantitative estimate of drug-likeness (QED) is 0.609. The van der Waals surface area contributed by atoms with Gasteiger partial charge in [0.2, 0.25) is 0 Å². The Bertz CT molecular complexity index is 937. The number of carbonyl (C=O) groups excluding carboxylic acids is 1. The molecule has 1 amide bonds. The summed E-state index contributed by atoms with van der Waals surface area (Å²) in [5, 5.41) is 26.3. The third kappa shape index (κ3) is 3.81. The van der Waals surface area contributed by atoms with Crippen molar-refractivity contribution in [1.82, 2.24) is 9.78 Å². The number of amides is 1. The number of aromatic nitrogens is 2. The fraction of sp³-hybridized carbons (Fsp3) is 0.231. The van der Waals surface area contributed by atoms with Crippen molar-refractivity contribution in [2.45, 2.75) is 13.1 Å². The van der Waals surface area contributed by atoms with Crippen LogP contribution in [0.4, 0.5) is 30.2 Å². The predicted octanol–water partition coefficient (Wildman–Crippen LogP) is 3.47. The maximum atomic E-state index is 12.8. The number of nitrogens with zero attached hydrogens (tertiary/aromatic N) is 4. The van der Waals surface area contributed by atoms with Crippen LogP contribution in [0.3, 0.4) is 0 Å². The second kappa shape index (κ2) is 6.83. The summed E-state index contributed by atoms with van der Waals surface area (Å²) >= 11 is 5.58.